The Morgan fingerprint density at radius 3 is 2.65 bits per heavy atom. The number of rotatable bonds is 12. The Kier molecular flexibility index (Phi) is 7.63. The molecule has 4 aliphatic rings. The zero-order valence-corrected chi connectivity index (χ0v) is 25.8. The van der Waals surface area contributed by atoms with E-state index in [9.17, 15) is 13.2 Å². The van der Waals surface area contributed by atoms with Gasteiger partial charge in [-0.25, -0.2) is 12.8 Å². The largest absolute Gasteiger partial charge is 0.373 e. The van der Waals surface area contributed by atoms with E-state index in [4.69, 9.17) is 20.9 Å². The van der Waals surface area contributed by atoms with E-state index < -0.39 is 15.6 Å². The molecule has 10 heteroatoms. The molecule has 0 unspecified atom stereocenters. The standard InChI is InChI=1S/C33H36ClFN2O5S/c1-19-3-2-4-27(34)31(19)32-26(33(42-36-32)21-7-8-21)17-41-30-15-23-14-22(30)16-37(23)29-12-6-20(13-28(29)35)5-9-24(38)18-43(39,40)25-10-11-25/h2-4,6,12-13,21-23,25,30H,5,7-11,14-18H2,1H3/t22-,23-,30+/m0/s1. The summed E-state index contributed by atoms with van der Waals surface area (Å²) in [4.78, 5) is 14.4. The summed E-state index contributed by atoms with van der Waals surface area (Å²) in [6.45, 7) is 3.15. The number of hydrogen-bond donors (Lipinski definition) is 0. The maximum atomic E-state index is 15.3. The van der Waals surface area contributed by atoms with Crippen molar-refractivity contribution in [1.29, 1.82) is 0 Å². The topological polar surface area (TPSA) is 89.7 Å². The number of sulfone groups is 1. The minimum Gasteiger partial charge on any atom is -0.373 e. The highest BCUT2D eigenvalue weighted by Crippen LogP contribution is 2.47. The van der Waals surface area contributed by atoms with Crippen LogP contribution in [0.15, 0.2) is 40.9 Å². The molecular weight excluding hydrogens is 591 g/mol. The Morgan fingerprint density at radius 2 is 1.98 bits per heavy atom. The zero-order chi connectivity index (χ0) is 29.9. The molecule has 7 nitrogen and oxygen atoms in total. The van der Waals surface area contributed by atoms with Gasteiger partial charge in [-0.1, -0.05) is 35.0 Å². The molecule has 1 aliphatic heterocycles. The molecule has 2 bridgehead atoms. The third kappa shape index (κ3) is 5.88. The maximum Gasteiger partial charge on any atom is 0.160 e. The fourth-order valence-electron chi connectivity index (χ4n) is 6.92. The van der Waals surface area contributed by atoms with Gasteiger partial charge in [0.2, 0.25) is 0 Å². The number of nitrogens with zero attached hydrogens (tertiary/aromatic N) is 2. The number of ether oxygens (including phenoxy) is 1. The van der Waals surface area contributed by atoms with Crippen molar-refractivity contribution in [1.82, 2.24) is 5.16 Å². The predicted molar refractivity (Wildman–Crippen MR) is 163 cm³/mol. The van der Waals surface area contributed by atoms with E-state index in [2.05, 4.69) is 10.1 Å². The number of carbonyl (C=O) groups excluding carboxylic acids is 1. The molecule has 1 aromatic heterocycles. The molecule has 0 amide bonds. The lowest BCUT2D eigenvalue weighted by Crippen LogP contribution is -2.39. The zero-order valence-electron chi connectivity index (χ0n) is 24.2. The fourth-order valence-corrected chi connectivity index (χ4v) is 8.91. The van der Waals surface area contributed by atoms with E-state index in [0.29, 0.717) is 54.0 Å². The van der Waals surface area contributed by atoms with Gasteiger partial charge < -0.3 is 14.2 Å². The Balaban J connectivity index is 0.975. The highest BCUT2D eigenvalue weighted by atomic mass is 35.5. The number of anilines is 1. The molecule has 3 aromatic rings. The smallest absolute Gasteiger partial charge is 0.160 e. The first-order valence-corrected chi connectivity index (χ1v) is 17.4. The number of Topliss-reactive ketones (excluding diaryl/α,β-unsaturated/α-hetero) is 1. The van der Waals surface area contributed by atoms with Crippen LogP contribution >= 0.6 is 11.6 Å². The van der Waals surface area contributed by atoms with Gasteiger partial charge in [-0.3, -0.25) is 4.79 Å². The summed E-state index contributed by atoms with van der Waals surface area (Å²) in [6.07, 6.45) is 5.77. The quantitative estimate of drug-likeness (QED) is 0.224. The summed E-state index contributed by atoms with van der Waals surface area (Å²) in [5.41, 5.74) is 4.97. The normalized spacial score (nSPS) is 23.3. The predicted octanol–water partition coefficient (Wildman–Crippen LogP) is 6.58. The molecular formula is C33H36ClFN2O5S. The lowest BCUT2D eigenvalue weighted by Gasteiger charge is -2.33. The van der Waals surface area contributed by atoms with Gasteiger partial charge in [0.15, 0.2) is 9.84 Å². The molecule has 0 radical (unpaired) electrons. The first-order valence-electron chi connectivity index (χ1n) is 15.3. The van der Waals surface area contributed by atoms with Gasteiger partial charge >= 0.3 is 0 Å². The molecule has 3 atom stereocenters. The number of ketones is 1. The van der Waals surface area contributed by atoms with Crippen LogP contribution in [0.2, 0.25) is 5.02 Å². The van der Waals surface area contributed by atoms with Crippen LogP contribution < -0.4 is 4.90 Å². The molecule has 2 heterocycles. The Labute approximate surface area is 256 Å². The van der Waals surface area contributed by atoms with Crippen molar-refractivity contribution >= 4 is 32.9 Å². The van der Waals surface area contributed by atoms with E-state index in [1.54, 1.807) is 6.07 Å². The van der Waals surface area contributed by atoms with Crippen molar-refractivity contribution in [3.05, 3.63) is 69.7 Å². The first kappa shape index (κ1) is 29.0. The summed E-state index contributed by atoms with van der Waals surface area (Å²) in [7, 11) is -3.32. The Hall–Kier alpha value is -2.75. The van der Waals surface area contributed by atoms with Crippen LogP contribution in [0.25, 0.3) is 11.3 Å². The highest BCUT2D eigenvalue weighted by Gasteiger charge is 2.46. The summed E-state index contributed by atoms with van der Waals surface area (Å²) in [5, 5.41) is 4.75. The number of aromatic nitrogens is 1. The minimum atomic E-state index is -3.32. The van der Waals surface area contributed by atoms with E-state index in [1.165, 1.54) is 6.07 Å². The third-order valence-corrected chi connectivity index (χ3v) is 12.1. The number of aryl methyl sites for hydroxylation is 2. The second kappa shape index (κ2) is 11.3. The maximum absolute atomic E-state index is 15.3. The molecule has 3 aliphatic carbocycles. The van der Waals surface area contributed by atoms with E-state index >= 15 is 4.39 Å². The number of fused-ring (bicyclic) bond motifs is 2. The van der Waals surface area contributed by atoms with Gasteiger partial charge in [0, 0.05) is 42.0 Å². The minimum absolute atomic E-state index is 0.0728. The number of carbonyl (C=O) groups is 1. The van der Waals surface area contributed by atoms with Crippen molar-refractivity contribution < 1.29 is 26.9 Å². The lowest BCUT2D eigenvalue weighted by atomic mass is 10.00. The summed E-state index contributed by atoms with van der Waals surface area (Å²) in [6, 6.07) is 11.2. The molecule has 0 N–H and O–H groups in total. The average Bonchev–Trinajstić information content (AvgIpc) is 3.89. The van der Waals surface area contributed by atoms with Crippen molar-refractivity contribution in [2.75, 3.05) is 17.2 Å². The fraction of sp³-hybridized carbons (Fsp3) is 0.515. The lowest BCUT2D eigenvalue weighted by molar-refractivity contribution is -0.116. The molecule has 3 saturated carbocycles. The Bertz CT molecular complexity index is 1650. The third-order valence-electron chi connectivity index (χ3n) is 9.55. The molecule has 43 heavy (non-hydrogen) atoms. The molecule has 228 valence electrons. The number of piperidine rings is 1. The van der Waals surface area contributed by atoms with Gasteiger partial charge in [-0.05, 0) is 81.2 Å². The molecule has 4 fully saturated rings. The van der Waals surface area contributed by atoms with E-state index in [1.807, 2.05) is 31.2 Å². The van der Waals surface area contributed by atoms with Crippen LogP contribution in [0, 0.1) is 18.7 Å². The SMILES string of the molecule is Cc1cccc(Cl)c1-c1noc(C2CC2)c1CO[C@@H]1C[C@@H]2C[C@H]1CN2c1ccc(CCC(=O)CS(=O)(=O)C2CC2)cc1F. The summed E-state index contributed by atoms with van der Waals surface area (Å²) < 4.78 is 51.8. The monoisotopic (exact) mass is 626 g/mol. The number of benzene rings is 2. The highest BCUT2D eigenvalue weighted by molar-refractivity contribution is 7.93. The van der Waals surface area contributed by atoms with Gasteiger partial charge in [0.05, 0.1) is 28.7 Å². The van der Waals surface area contributed by atoms with Crippen LogP contribution in [-0.2, 0) is 32.4 Å². The van der Waals surface area contributed by atoms with Gasteiger partial charge in [-0.2, -0.15) is 0 Å². The van der Waals surface area contributed by atoms with Crippen LogP contribution in [0.4, 0.5) is 10.1 Å². The number of hydrogen-bond acceptors (Lipinski definition) is 7. The second-order valence-corrected chi connectivity index (χ2v) is 15.5. The van der Waals surface area contributed by atoms with Crippen molar-refractivity contribution in [3.63, 3.8) is 0 Å². The molecule has 0 spiro atoms. The van der Waals surface area contributed by atoms with E-state index in [0.717, 1.165) is 60.4 Å². The van der Waals surface area contributed by atoms with Gasteiger partial charge in [-0.15, -0.1) is 0 Å². The van der Waals surface area contributed by atoms with Crippen LogP contribution in [-0.4, -0.2) is 49.1 Å². The van der Waals surface area contributed by atoms with Crippen LogP contribution in [0.3, 0.4) is 0 Å². The van der Waals surface area contributed by atoms with Crippen LogP contribution in [0.5, 0.6) is 0 Å². The molecule has 7 rings (SSSR count). The van der Waals surface area contributed by atoms with E-state index in [-0.39, 0.29) is 35.4 Å². The van der Waals surface area contributed by atoms with Crippen molar-refractivity contribution in [2.45, 2.75) is 88.2 Å². The molecule has 1 saturated heterocycles. The Morgan fingerprint density at radius 1 is 1.16 bits per heavy atom. The summed E-state index contributed by atoms with van der Waals surface area (Å²) >= 11 is 6.59. The summed E-state index contributed by atoms with van der Waals surface area (Å²) in [5.74, 6) is 0.580. The average molecular weight is 627 g/mol. The van der Waals surface area contributed by atoms with Crippen LogP contribution in [0.1, 0.15) is 73.3 Å². The number of halogens is 2. The van der Waals surface area contributed by atoms with Crippen molar-refractivity contribution in [3.8, 4) is 11.3 Å². The van der Waals surface area contributed by atoms with Gasteiger partial charge in [0.1, 0.15) is 28.8 Å². The van der Waals surface area contributed by atoms with Crippen molar-refractivity contribution in [2.24, 2.45) is 5.92 Å². The second-order valence-electron chi connectivity index (χ2n) is 12.8. The van der Waals surface area contributed by atoms with Gasteiger partial charge in [0.25, 0.3) is 0 Å². The molecule has 2 aromatic carbocycles. The first-order chi connectivity index (χ1) is 20.7.